The Kier molecular flexibility index (Phi) is 5.07. The molecule has 1 rings (SSSR count). The van der Waals surface area contributed by atoms with Crippen LogP contribution in [-0.2, 0) is 21.9 Å². The third-order valence-electron chi connectivity index (χ3n) is 2.61. The SMILES string of the molecule is CC(C)[C@H](NC(=O)CNS(C)(=O)=O)c1nccn1C. The van der Waals surface area contributed by atoms with Crippen LogP contribution in [-0.4, -0.2) is 36.7 Å². The van der Waals surface area contributed by atoms with Crippen LogP contribution in [0.3, 0.4) is 0 Å². The van der Waals surface area contributed by atoms with Crippen LogP contribution in [0, 0.1) is 5.92 Å². The van der Waals surface area contributed by atoms with Gasteiger partial charge in [-0.25, -0.2) is 18.1 Å². The smallest absolute Gasteiger partial charge is 0.235 e. The maximum atomic E-state index is 11.7. The van der Waals surface area contributed by atoms with Gasteiger partial charge in [0.2, 0.25) is 15.9 Å². The number of aromatic nitrogens is 2. The Morgan fingerprint density at radius 2 is 2.11 bits per heavy atom. The third kappa shape index (κ3) is 4.99. The van der Waals surface area contributed by atoms with E-state index in [9.17, 15) is 13.2 Å². The van der Waals surface area contributed by atoms with E-state index in [1.54, 1.807) is 12.4 Å². The van der Waals surface area contributed by atoms with Crippen LogP contribution in [0.25, 0.3) is 0 Å². The topological polar surface area (TPSA) is 93.1 Å². The van der Waals surface area contributed by atoms with Gasteiger partial charge < -0.3 is 9.88 Å². The van der Waals surface area contributed by atoms with E-state index in [-0.39, 0.29) is 24.4 Å². The average Bonchev–Trinajstić information content (AvgIpc) is 2.68. The van der Waals surface area contributed by atoms with Crippen molar-refractivity contribution in [3.05, 3.63) is 18.2 Å². The molecule has 0 saturated heterocycles. The first-order valence-corrected chi connectivity index (χ1v) is 7.81. The monoisotopic (exact) mass is 288 g/mol. The summed E-state index contributed by atoms with van der Waals surface area (Å²) >= 11 is 0. The molecule has 1 amide bonds. The molecule has 1 aromatic rings. The average molecular weight is 288 g/mol. The molecule has 0 spiro atoms. The molecule has 7 nitrogen and oxygen atoms in total. The summed E-state index contributed by atoms with van der Waals surface area (Å²) in [5.41, 5.74) is 0. The molecule has 0 radical (unpaired) electrons. The molecule has 0 bridgehead atoms. The van der Waals surface area contributed by atoms with E-state index in [1.165, 1.54) is 0 Å². The molecule has 2 N–H and O–H groups in total. The third-order valence-corrected chi connectivity index (χ3v) is 3.28. The number of imidazole rings is 1. The Morgan fingerprint density at radius 1 is 1.47 bits per heavy atom. The molecular weight excluding hydrogens is 268 g/mol. The van der Waals surface area contributed by atoms with Gasteiger partial charge in [-0.2, -0.15) is 0 Å². The van der Waals surface area contributed by atoms with Gasteiger partial charge in [-0.05, 0) is 5.92 Å². The maximum Gasteiger partial charge on any atom is 0.235 e. The Balaban J connectivity index is 2.70. The first kappa shape index (κ1) is 15.6. The second-order valence-electron chi connectivity index (χ2n) is 4.78. The normalized spacial score (nSPS) is 13.5. The van der Waals surface area contributed by atoms with E-state index in [1.807, 2.05) is 25.5 Å². The molecule has 0 saturated carbocycles. The highest BCUT2D eigenvalue weighted by Gasteiger charge is 2.22. The van der Waals surface area contributed by atoms with Crippen LogP contribution < -0.4 is 10.0 Å². The van der Waals surface area contributed by atoms with Crippen molar-refractivity contribution in [2.24, 2.45) is 13.0 Å². The number of hydrogen-bond donors (Lipinski definition) is 2. The predicted octanol–water partition coefficient (Wildman–Crippen LogP) is -0.217. The van der Waals surface area contributed by atoms with Crippen molar-refractivity contribution in [2.45, 2.75) is 19.9 Å². The minimum absolute atomic E-state index is 0.142. The number of sulfonamides is 1. The molecule has 1 aromatic heterocycles. The summed E-state index contributed by atoms with van der Waals surface area (Å²) in [6, 6.07) is -0.256. The van der Waals surface area contributed by atoms with Gasteiger partial charge >= 0.3 is 0 Å². The molecule has 19 heavy (non-hydrogen) atoms. The second-order valence-corrected chi connectivity index (χ2v) is 6.61. The molecule has 0 aliphatic heterocycles. The summed E-state index contributed by atoms with van der Waals surface area (Å²) in [4.78, 5) is 15.9. The van der Waals surface area contributed by atoms with E-state index in [4.69, 9.17) is 0 Å². The van der Waals surface area contributed by atoms with Crippen molar-refractivity contribution in [3.8, 4) is 0 Å². The second kappa shape index (κ2) is 6.16. The fourth-order valence-corrected chi connectivity index (χ4v) is 2.02. The lowest BCUT2D eigenvalue weighted by Crippen LogP contribution is -2.40. The fraction of sp³-hybridized carbons (Fsp3) is 0.636. The van der Waals surface area contributed by atoms with Gasteiger partial charge in [0.1, 0.15) is 5.82 Å². The minimum Gasteiger partial charge on any atom is -0.345 e. The van der Waals surface area contributed by atoms with Crippen LogP contribution in [0.5, 0.6) is 0 Å². The first-order valence-electron chi connectivity index (χ1n) is 5.92. The number of nitrogens with zero attached hydrogens (tertiary/aromatic N) is 2. The minimum atomic E-state index is -3.37. The number of rotatable bonds is 6. The Morgan fingerprint density at radius 3 is 2.53 bits per heavy atom. The number of nitrogens with one attached hydrogen (secondary N) is 2. The van der Waals surface area contributed by atoms with Crippen LogP contribution in [0.15, 0.2) is 12.4 Å². The number of carbonyl (C=O) groups excluding carboxylic acids is 1. The summed E-state index contributed by atoms with van der Waals surface area (Å²) < 4.78 is 25.8. The van der Waals surface area contributed by atoms with Crippen LogP contribution >= 0.6 is 0 Å². The molecule has 0 aromatic carbocycles. The van der Waals surface area contributed by atoms with Gasteiger partial charge in [-0.15, -0.1) is 0 Å². The fourth-order valence-electron chi connectivity index (χ4n) is 1.63. The van der Waals surface area contributed by atoms with E-state index in [2.05, 4.69) is 15.0 Å². The van der Waals surface area contributed by atoms with Gasteiger partial charge in [0.15, 0.2) is 0 Å². The van der Waals surface area contributed by atoms with Crippen molar-refractivity contribution >= 4 is 15.9 Å². The highest BCUT2D eigenvalue weighted by molar-refractivity contribution is 7.88. The van der Waals surface area contributed by atoms with Gasteiger partial charge in [0.25, 0.3) is 0 Å². The Hall–Kier alpha value is -1.41. The first-order chi connectivity index (χ1) is 8.70. The molecule has 1 atom stereocenters. The lowest BCUT2D eigenvalue weighted by atomic mass is 10.0. The van der Waals surface area contributed by atoms with E-state index < -0.39 is 10.0 Å². The van der Waals surface area contributed by atoms with E-state index in [0.717, 1.165) is 12.1 Å². The zero-order valence-electron chi connectivity index (χ0n) is 11.5. The van der Waals surface area contributed by atoms with Crippen molar-refractivity contribution in [1.82, 2.24) is 19.6 Å². The zero-order chi connectivity index (χ0) is 14.6. The molecule has 0 fully saturated rings. The van der Waals surface area contributed by atoms with E-state index >= 15 is 0 Å². The summed E-state index contributed by atoms with van der Waals surface area (Å²) in [6.07, 6.45) is 4.47. The van der Waals surface area contributed by atoms with Crippen LogP contribution in [0.4, 0.5) is 0 Å². The van der Waals surface area contributed by atoms with Crippen molar-refractivity contribution < 1.29 is 13.2 Å². The highest BCUT2D eigenvalue weighted by atomic mass is 32.2. The van der Waals surface area contributed by atoms with Gasteiger partial charge in [-0.3, -0.25) is 4.79 Å². The summed E-state index contributed by atoms with van der Waals surface area (Å²) in [7, 11) is -1.52. The number of amides is 1. The predicted molar refractivity (Wildman–Crippen MR) is 71.8 cm³/mol. The summed E-state index contributed by atoms with van der Waals surface area (Å²) in [6.45, 7) is 3.65. The Bertz CT molecular complexity index is 536. The standard InChI is InChI=1S/C11H20N4O3S/c1-8(2)10(11-12-5-6-15(11)3)14-9(16)7-13-19(4,17)18/h5-6,8,10,13H,7H2,1-4H3,(H,14,16)/t10-/m0/s1. The van der Waals surface area contributed by atoms with Gasteiger partial charge in [-0.1, -0.05) is 13.8 Å². The lowest BCUT2D eigenvalue weighted by Gasteiger charge is -2.22. The molecule has 108 valence electrons. The van der Waals surface area contributed by atoms with Gasteiger partial charge in [0.05, 0.1) is 18.8 Å². The summed E-state index contributed by atoms with van der Waals surface area (Å²) in [5, 5.41) is 2.78. The quantitative estimate of drug-likeness (QED) is 0.757. The molecule has 8 heteroatoms. The van der Waals surface area contributed by atoms with Crippen LogP contribution in [0.1, 0.15) is 25.7 Å². The maximum absolute atomic E-state index is 11.7. The number of aryl methyl sites for hydroxylation is 1. The summed E-state index contributed by atoms with van der Waals surface area (Å²) in [5.74, 6) is 0.498. The van der Waals surface area contributed by atoms with E-state index in [0.29, 0.717) is 0 Å². The zero-order valence-corrected chi connectivity index (χ0v) is 12.4. The molecule has 0 aliphatic rings. The lowest BCUT2D eigenvalue weighted by molar-refractivity contribution is -0.121. The highest BCUT2D eigenvalue weighted by Crippen LogP contribution is 2.19. The Labute approximate surface area is 113 Å². The van der Waals surface area contributed by atoms with Crippen molar-refractivity contribution in [2.75, 3.05) is 12.8 Å². The number of hydrogen-bond acceptors (Lipinski definition) is 4. The van der Waals surface area contributed by atoms with Crippen molar-refractivity contribution in [3.63, 3.8) is 0 Å². The number of carbonyl (C=O) groups is 1. The molecular formula is C11H20N4O3S. The molecule has 0 aliphatic carbocycles. The van der Waals surface area contributed by atoms with Gasteiger partial charge in [0, 0.05) is 19.4 Å². The van der Waals surface area contributed by atoms with Crippen molar-refractivity contribution in [1.29, 1.82) is 0 Å². The van der Waals surface area contributed by atoms with Crippen LogP contribution in [0.2, 0.25) is 0 Å². The molecule has 0 unspecified atom stereocenters. The molecule has 1 heterocycles. The largest absolute Gasteiger partial charge is 0.345 e.